The van der Waals surface area contributed by atoms with Crippen LogP contribution in [0.25, 0.3) is 0 Å². The number of hydrogen-bond acceptors (Lipinski definition) is 1. The molecular formula is C8H3ClF4S. The normalized spacial score (nSPS) is 11.5. The van der Waals surface area contributed by atoms with Crippen LogP contribution in [-0.4, -0.2) is 4.32 Å². The molecule has 6 heteroatoms. The minimum atomic E-state index is -4.73. The van der Waals surface area contributed by atoms with E-state index in [4.69, 9.17) is 11.6 Å². The Morgan fingerprint density at radius 3 is 2.29 bits per heavy atom. The molecule has 0 bridgehead atoms. The molecular weight excluding hydrogens is 240 g/mol. The minimum absolute atomic E-state index is 0.406. The molecule has 0 radical (unpaired) electrons. The summed E-state index contributed by atoms with van der Waals surface area (Å²) in [4.78, 5) is 0. The van der Waals surface area contributed by atoms with Gasteiger partial charge in [-0.05, 0) is 12.1 Å². The first-order valence-electron chi connectivity index (χ1n) is 3.39. The van der Waals surface area contributed by atoms with Crippen molar-refractivity contribution in [2.45, 2.75) is 6.18 Å². The Morgan fingerprint density at radius 2 is 1.86 bits per heavy atom. The predicted octanol–water partition coefficient (Wildman–Crippen LogP) is 3.76. The van der Waals surface area contributed by atoms with E-state index in [-0.39, 0.29) is 0 Å². The summed E-state index contributed by atoms with van der Waals surface area (Å²) in [7, 11) is 0. The second-order valence-corrected chi connectivity index (χ2v) is 3.45. The van der Waals surface area contributed by atoms with E-state index in [1.807, 2.05) is 0 Å². The zero-order valence-electron chi connectivity index (χ0n) is 6.53. The van der Waals surface area contributed by atoms with Crippen LogP contribution in [-0.2, 0) is 6.18 Å². The van der Waals surface area contributed by atoms with Crippen LogP contribution in [0, 0.1) is 5.82 Å². The molecule has 1 aromatic carbocycles. The number of hydrogen-bond donors (Lipinski definition) is 0. The molecule has 0 aromatic heterocycles. The van der Waals surface area contributed by atoms with E-state index < -0.39 is 27.4 Å². The Labute approximate surface area is 87.5 Å². The lowest BCUT2D eigenvalue weighted by Crippen LogP contribution is -2.10. The maximum atomic E-state index is 13.1. The molecule has 0 spiro atoms. The van der Waals surface area contributed by atoms with E-state index in [1.54, 1.807) is 0 Å². The predicted molar refractivity (Wildman–Crippen MR) is 49.0 cm³/mol. The Morgan fingerprint density at radius 1 is 1.29 bits per heavy atom. The van der Waals surface area contributed by atoms with E-state index in [1.165, 1.54) is 0 Å². The molecule has 14 heavy (non-hydrogen) atoms. The SMILES string of the molecule is Fc1c(C(=S)Cl)cccc1C(F)(F)F. The van der Waals surface area contributed by atoms with Gasteiger partial charge >= 0.3 is 6.18 Å². The smallest absolute Gasteiger partial charge is 0.206 e. The lowest BCUT2D eigenvalue weighted by molar-refractivity contribution is -0.140. The quantitative estimate of drug-likeness (QED) is 0.411. The number of thiocarbonyl (C=S) groups is 1. The first-order chi connectivity index (χ1) is 6.34. The van der Waals surface area contributed by atoms with Gasteiger partial charge in [-0.1, -0.05) is 29.9 Å². The van der Waals surface area contributed by atoms with Gasteiger partial charge in [-0.3, -0.25) is 0 Å². The third kappa shape index (κ3) is 2.22. The van der Waals surface area contributed by atoms with Crippen LogP contribution >= 0.6 is 23.8 Å². The highest BCUT2D eigenvalue weighted by molar-refractivity contribution is 7.83. The molecule has 0 amide bonds. The zero-order chi connectivity index (χ0) is 10.9. The second kappa shape index (κ2) is 3.82. The van der Waals surface area contributed by atoms with E-state index >= 15 is 0 Å². The number of rotatable bonds is 1. The van der Waals surface area contributed by atoms with Gasteiger partial charge in [0.05, 0.1) is 5.56 Å². The molecule has 0 N–H and O–H groups in total. The third-order valence-corrected chi connectivity index (χ3v) is 1.94. The van der Waals surface area contributed by atoms with Gasteiger partial charge in [0.15, 0.2) is 0 Å². The largest absolute Gasteiger partial charge is 0.419 e. The summed E-state index contributed by atoms with van der Waals surface area (Å²) >= 11 is 9.64. The molecule has 0 nitrogen and oxygen atoms in total. The maximum Gasteiger partial charge on any atom is 0.419 e. The number of halogens is 5. The van der Waals surface area contributed by atoms with Gasteiger partial charge in [-0.25, -0.2) is 4.39 Å². The average molecular weight is 243 g/mol. The molecule has 0 aliphatic rings. The van der Waals surface area contributed by atoms with Gasteiger partial charge in [0, 0.05) is 5.56 Å². The maximum absolute atomic E-state index is 13.1. The van der Waals surface area contributed by atoms with Crippen molar-refractivity contribution in [3.8, 4) is 0 Å². The van der Waals surface area contributed by atoms with E-state index in [0.717, 1.165) is 12.1 Å². The first kappa shape index (κ1) is 11.4. The van der Waals surface area contributed by atoms with Crippen molar-refractivity contribution in [3.63, 3.8) is 0 Å². The fourth-order valence-corrected chi connectivity index (χ4v) is 1.21. The summed E-state index contributed by atoms with van der Waals surface area (Å²) in [6.45, 7) is 0. The topological polar surface area (TPSA) is 0 Å². The summed E-state index contributed by atoms with van der Waals surface area (Å²) in [5.41, 5.74) is -1.77. The van der Waals surface area contributed by atoms with Crippen molar-refractivity contribution in [1.29, 1.82) is 0 Å². The highest BCUT2D eigenvalue weighted by Gasteiger charge is 2.35. The Bertz CT molecular complexity index is 372. The second-order valence-electron chi connectivity index (χ2n) is 2.44. The van der Waals surface area contributed by atoms with Crippen molar-refractivity contribution in [3.05, 3.63) is 35.1 Å². The molecule has 0 saturated carbocycles. The van der Waals surface area contributed by atoms with Crippen molar-refractivity contribution in [1.82, 2.24) is 0 Å². The van der Waals surface area contributed by atoms with Gasteiger partial charge in [-0.2, -0.15) is 13.2 Å². The van der Waals surface area contributed by atoms with Crippen LogP contribution in [0.1, 0.15) is 11.1 Å². The van der Waals surface area contributed by atoms with E-state index in [2.05, 4.69) is 12.2 Å². The van der Waals surface area contributed by atoms with Crippen LogP contribution in [0.4, 0.5) is 17.6 Å². The lowest BCUT2D eigenvalue weighted by atomic mass is 10.1. The van der Waals surface area contributed by atoms with Gasteiger partial charge in [0.25, 0.3) is 0 Å². The molecule has 76 valence electrons. The van der Waals surface area contributed by atoms with Crippen LogP contribution < -0.4 is 0 Å². The summed E-state index contributed by atoms with van der Waals surface area (Å²) in [5, 5.41) is 0. The molecule has 0 unspecified atom stereocenters. The van der Waals surface area contributed by atoms with Crippen molar-refractivity contribution >= 4 is 28.1 Å². The fraction of sp³-hybridized carbons (Fsp3) is 0.125. The van der Waals surface area contributed by atoms with Gasteiger partial charge in [-0.15, -0.1) is 0 Å². The summed E-state index contributed by atoms with van der Waals surface area (Å²) in [6, 6.07) is 2.78. The molecule has 0 aliphatic carbocycles. The minimum Gasteiger partial charge on any atom is -0.206 e. The monoisotopic (exact) mass is 242 g/mol. The number of benzene rings is 1. The molecule has 1 aromatic rings. The molecule has 0 fully saturated rings. The third-order valence-electron chi connectivity index (χ3n) is 1.52. The lowest BCUT2D eigenvalue weighted by Gasteiger charge is -2.09. The van der Waals surface area contributed by atoms with Crippen molar-refractivity contribution in [2.24, 2.45) is 0 Å². The highest BCUT2D eigenvalue weighted by atomic mass is 35.5. The fourth-order valence-electron chi connectivity index (χ4n) is 0.903. The molecule has 0 aliphatic heterocycles. The van der Waals surface area contributed by atoms with Crippen LogP contribution in [0.3, 0.4) is 0 Å². The Kier molecular flexibility index (Phi) is 3.11. The first-order valence-corrected chi connectivity index (χ1v) is 4.18. The van der Waals surface area contributed by atoms with E-state index in [0.29, 0.717) is 6.07 Å². The molecule has 0 heterocycles. The van der Waals surface area contributed by atoms with Gasteiger partial charge in [0.2, 0.25) is 0 Å². The van der Waals surface area contributed by atoms with Crippen LogP contribution in [0.2, 0.25) is 0 Å². The zero-order valence-corrected chi connectivity index (χ0v) is 8.10. The van der Waals surface area contributed by atoms with Crippen LogP contribution in [0.15, 0.2) is 18.2 Å². The number of alkyl halides is 3. The van der Waals surface area contributed by atoms with Gasteiger partial charge < -0.3 is 0 Å². The Balaban J connectivity index is 3.35. The standard InChI is InChI=1S/C8H3ClF4S/c9-7(14)4-2-1-3-5(6(4)10)8(11,12)13/h1-3H. The van der Waals surface area contributed by atoms with Crippen molar-refractivity contribution in [2.75, 3.05) is 0 Å². The molecule has 1 rings (SSSR count). The molecule has 0 saturated heterocycles. The van der Waals surface area contributed by atoms with Crippen molar-refractivity contribution < 1.29 is 17.6 Å². The summed E-state index contributed by atoms with van der Waals surface area (Å²) < 4.78 is 49.2. The average Bonchev–Trinajstić information content (AvgIpc) is 2.01. The van der Waals surface area contributed by atoms with Crippen LogP contribution in [0.5, 0.6) is 0 Å². The van der Waals surface area contributed by atoms with Gasteiger partial charge in [0.1, 0.15) is 10.1 Å². The summed E-state index contributed by atoms with van der Waals surface area (Å²) in [6.07, 6.45) is -4.73. The van der Waals surface area contributed by atoms with E-state index in [9.17, 15) is 17.6 Å². The summed E-state index contributed by atoms with van der Waals surface area (Å²) in [5.74, 6) is -1.43. The molecule has 0 atom stereocenters. The Hall–Kier alpha value is -0.680. The highest BCUT2D eigenvalue weighted by Crippen LogP contribution is 2.32.